The molecule has 0 spiro atoms. The minimum absolute atomic E-state index is 0.653. The van der Waals surface area contributed by atoms with Gasteiger partial charge in [0.05, 0.1) is 11.3 Å². The zero-order valence-corrected chi connectivity index (χ0v) is 11.4. The number of nitrogen functional groups attached to an aromatic ring is 1. The number of aryl methyl sites for hydroxylation is 3. The highest BCUT2D eigenvalue weighted by atomic mass is 15.3. The highest BCUT2D eigenvalue weighted by Crippen LogP contribution is 2.26. The van der Waals surface area contributed by atoms with Gasteiger partial charge in [-0.2, -0.15) is 5.10 Å². The molecule has 2 aromatic rings. The van der Waals surface area contributed by atoms with Gasteiger partial charge in [0.15, 0.2) is 5.82 Å². The number of rotatable bonds is 2. The normalized spacial score (nSPS) is 10.8. The molecule has 0 amide bonds. The first-order valence-electron chi connectivity index (χ1n) is 5.78. The minimum Gasteiger partial charge on any atom is -0.308 e. The molecule has 0 atom stereocenters. The summed E-state index contributed by atoms with van der Waals surface area (Å²) in [5.74, 6) is 6.80. The Kier molecular flexibility index (Phi) is 3.04. The molecule has 0 radical (unpaired) electrons. The topological polar surface area (TPSA) is 81.7 Å². The van der Waals surface area contributed by atoms with Crippen LogP contribution in [-0.4, -0.2) is 19.7 Å². The van der Waals surface area contributed by atoms with Crippen molar-refractivity contribution >= 4 is 5.82 Å². The van der Waals surface area contributed by atoms with E-state index in [0.717, 1.165) is 28.2 Å². The van der Waals surface area contributed by atoms with Gasteiger partial charge in [-0.3, -0.25) is 4.68 Å². The summed E-state index contributed by atoms with van der Waals surface area (Å²) in [5, 5.41) is 4.38. The van der Waals surface area contributed by atoms with Gasteiger partial charge in [0.1, 0.15) is 5.82 Å². The summed E-state index contributed by atoms with van der Waals surface area (Å²) in [6.07, 6.45) is 0. The SMILES string of the molecule is Cc1nc(-c2c(C)nn(C)c2C)nc(NN)c1C. The van der Waals surface area contributed by atoms with Crippen molar-refractivity contribution in [1.82, 2.24) is 19.7 Å². The summed E-state index contributed by atoms with van der Waals surface area (Å²) in [5.41, 5.74) is 7.41. The smallest absolute Gasteiger partial charge is 0.165 e. The van der Waals surface area contributed by atoms with Crippen LogP contribution in [0.2, 0.25) is 0 Å². The Morgan fingerprint density at radius 2 is 1.72 bits per heavy atom. The number of hydrazine groups is 1. The van der Waals surface area contributed by atoms with Crippen LogP contribution >= 0.6 is 0 Å². The quantitative estimate of drug-likeness (QED) is 0.618. The van der Waals surface area contributed by atoms with Crippen molar-refractivity contribution < 1.29 is 0 Å². The predicted octanol–water partition coefficient (Wildman–Crippen LogP) is 1.40. The molecule has 2 heterocycles. The molecule has 0 aromatic carbocycles. The van der Waals surface area contributed by atoms with Crippen LogP contribution in [0.15, 0.2) is 0 Å². The number of aromatic nitrogens is 4. The van der Waals surface area contributed by atoms with Crippen molar-refractivity contribution in [2.24, 2.45) is 12.9 Å². The number of anilines is 1. The largest absolute Gasteiger partial charge is 0.308 e. The Morgan fingerprint density at radius 3 is 2.22 bits per heavy atom. The fraction of sp³-hybridized carbons (Fsp3) is 0.417. The third-order valence-corrected chi connectivity index (χ3v) is 3.26. The number of nitrogens with two attached hydrogens (primary N) is 1. The summed E-state index contributed by atoms with van der Waals surface area (Å²) in [7, 11) is 1.91. The molecule has 0 saturated carbocycles. The zero-order chi connectivity index (χ0) is 13.4. The van der Waals surface area contributed by atoms with Crippen molar-refractivity contribution in [2.75, 3.05) is 5.43 Å². The number of nitrogens with zero attached hydrogens (tertiary/aromatic N) is 4. The van der Waals surface area contributed by atoms with E-state index in [9.17, 15) is 0 Å². The van der Waals surface area contributed by atoms with Crippen LogP contribution in [0.5, 0.6) is 0 Å². The first-order valence-corrected chi connectivity index (χ1v) is 5.78. The van der Waals surface area contributed by atoms with E-state index in [2.05, 4.69) is 20.5 Å². The second-order valence-electron chi connectivity index (χ2n) is 4.42. The fourth-order valence-electron chi connectivity index (χ4n) is 1.98. The molecule has 0 aliphatic rings. The lowest BCUT2D eigenvalue weighted by atomic mass is 10.1. The molecule has 0 saturated heterocycles. The molecular formula is C12H18N6. The van der Waals surface area contributed by atoms with Crippen LogP contribution < -0.4 is 11.3 Å². The molecule has 6 nitrogen and oxygen atoms in total. The monoisotopic (exact) mass is 246 g/mol. The van der Waals surface area contributed by atoms with Gasteiger partial charge in [-0.05, 0) is 27.7 Å². The summed E-state index contributed by atoms with van der Waals surface area (Å²) in [6.45, 7) is 7.85. The van der Waals surface area contributed by atoms with Gasteiger partial charge in [-0.25, -0.2) is 15.8 Å². The van der Waals surface area contributed by atoms with Crippen molar-refractivity contribution in [1.29, 1.82) is 0 Å². The maximum atomic E-state index is 5.49. The Labute approximate surface area is 106 Å². The van der Waals surface area contributed by atoms with Crippen molar-refractivity contribution in [2.45, 2.75) is 27.7 Å². The molecule has 0 unspecified atom stereocenters. The highest BCUT2D eigenvalue weighted by Gasteiger charge is 2.16. The molecule has 0 aliphatic heterocycles. The summed E-state index contributed by atoms with van der Waals surface area (Å²) < 4.78 is 1.83. The van der Waals surface area contributed by atoms with Gasteiger partial charge in [0.2, 0.25) is 0 Å². The van der Waals surface area contributed by atoms with E-state index >= 15 is 0 Å². The molecule has 0 fully saturated rings. The Hall–Kier alpha value is -1.95. The molecule has 2 aromatic heterocycles. The van der Waals surface area contributed by atoms with E-state index in [1.807, 2.05) is 39.4 Å². The Balaban J connectivity index is 2.68. The third kappa shape index (κ3) is 1.84. The van der Waals surface area contributed by atoms with Gasteiger partial charge in [-0.1, -0.05) is 0 Å². The van der Waals surface area contributed by atoms with Crippen LogP contribution in [0, 0.1) is 27.7 Å². The molecular weight excluding hydrogens is 228 g/mol. The molecule has 2 rings (SSSR count). The van der Waals surface area contributed by atoms with Gasteiger partial charge in [-0.15, -0.1) is 0 Å². The van der Waals surface area contributed by atoms with Gasteiger partial charge in [0.25, 0.3) is 0 Å². The average molecular weight is 246 g/mol. The zero-order valence-electron chi connectivity index (χ0n) is 11.4. The maximum Gasteiger partial charge on any atom is 0.165 e. The molecule has 0 bridgehead atoms. The van der Waals surface area contributed by atoms with Crippen LogP contribution in [0.4, 0.5) is 5.82 Å². The van der Waals surface area contributed by atoms with Crippen molar-refractivity contribution in [3.8, 4) is 11.4 Å². The molecule has 3 N–H and O–H groups in total. The second kappa shape index (κ2) is 4.38. The first kappa shape index (κ1) is 12.5. The minimum atomic E-state index is 0.653. The standard InChI is InChI=1S/C12H18N6/c1-6-7(2)14-12(15-11(6)16-13)10-8(3)17-18(5)9(10)4/h13H2,1-5H3,(H,14,15,16). The maximum absolute atomic E-state index is 5.49. The van der Waals surface area contributed by atoms with Crippen molar-refractivity contribution in [3.05, 3.63) is 22.6 Å². The van der Waals surface area contributed by atoms with Crippen LogP contribution in [0.25, 0.3) is 11.4 Å². The van der Waals surface area contributed by atoms with Gasteiger partial charge >= 0.3 is 0 Å². The molecule has 0 aliphatic carbocycles. The van der Waals surface area contributed by atoms with Gasteiger partial charge < -0.3 is 5.43 Å². The third-order valence-electron chi connectivity index (χ3n) is 3.26. The highest BCUT2D eigenvalue weighted by molar-refractivity contribution is 5.64. The number of nitrogens with one attached hydrogen (secondary N) is 1. The summed E-state index contributed by atoms with van der Waals surface area (Å²) >= 11 is 0. The summed E-state index contributed by atoms with van der Waals surface area (Å²) in [4.78, 5) is 8.98. The second-order valence-corrected chi connectivity index (χ2v) is 4.42. The van der Waals surface area contributed by atoms with Crippen molar-refractivity contribution in [3.63, 3.8) is 0 Å². The van der Waals surface area contributed by atoms with E-state index in [-0.39, 0.29) is 0 Å². The molecule has 96 valence electrons. The average Bonchev–Trinajstić information content (AvgIpc) is 2.57. The lowest BCUT2D eigenvalue weighted by Crippen LogP contribution is -2.12. The molecule has 18 heavy (non-hydrogen) atoms. The fourth-order valence-corrected chi connectivity index (χ4v) is 1.98. The van der Waals surface area contributed by atoms with E-state index < -0.39 is 0 Å². The first-order chi connectivity index (χ1) is 8.45. The number of hydrogen-bond acceptors (Lipinski definition) is 5. The lowest BCUT2D eigenvalue weighted by molar-refractivity contribution is 0.731. The van der Waals surface area contributed by atoms with Crippen LogP contribution in [-0.2, 0) is 7.05 Å². The lowest BCUT2D eigenvalue weighted by Gasteiger charge is -2.09. The number of hydrogen-bond donors (Lipinski definition) is 2. The van der Waals surface area contributed by atoms with Gasteiger partial charge in [0, 0.05) is 24.0 Å². The van der Waals surface area contributed by atoms with E-state index in [4.69, 9.17) is 5.84 Å². The van der Waals surface area contributed by atoms with Crippen LogP contribution in [0.1, 0.15) is 22.6 Å². The Morgan fingerprint density at radius 1 is 1.06 bits per heavy atom. The van der Waals surface area contributed by atoms with Crippen LogP contribution in [0.3, 0.4) is 0 Å². The summed E-state index contributed by atoms with van der Waals surface area (Å²) in [6, 6.07) is 0. The predicted molar refractivity (Wildman–Crippen MR) is 71.0 cm³/mol. The van der Waals surface area contributed by atoms with E-state index in [0.29, 0.717) is 11.6 Å². The van der Waals surface area contributed by atoms with E-state index in [1.165, 1.54) is 0 Å². The molecule has 6 heteroatoms. The Bertz CT molecular complexity index is 599. The van der Waals surface area contributed by atoms with E-state index in [1.54, 1.807) is 0 Å².